The van der Waals surface area contributed by atoms with Gasteiger partial charge in [-0.25, -0.2) is 0 Å². The lowest BCUT2D eigenvalue weighted by molar-refractivity contribution is -0.137. The molecule has 128 valence electrons. The highest BCUT2D eigenvalue weighted by molar-refractivity contribution is 5.66. The molecular weight excluding hydrogens is 272 g/mol. The summed E-state index contributed by atoms with van der Waals surface area (Å²) in [5.74, 6) is -0.667. The third-order valence-electron chi connectivity index (χ3n) is 3.84. The van der Waals surface area contributed by atoms with Crippen molar-refractivity contribution in [2.45, 2.75) is 96.8 Å². The van der Waals surface area contributed by atoms with E-state index in [1.807, 2.05) is 0 Å². The first kappa shape index (κ1) is 20.9. The van der Waals surface area contributed by atoms with Crippen LogP contribution in [-0.4, -0.2) is 11.1 Å². The van der Waals surface area contributed by atoms with Crippen LogP contribution >= 0.6 is 0 Å². The number of hydrogen-bond donors (Lipinski definition) is 1. The van der Waals surface area contributed by atoms with Crippen LogP contribution in [0.3, 0.4) is 0 Å². The van der Waals surface area contributed by atoms with E-state index >= 15 is 0 Å². The van der Waals surface area contributed by atoms with Gasteiger partial charge in [-0.1, -0.05) is 76.2 Å². The molecule has 2 heteroatoms. The summed E-state index contributed by atoms with van der Waals surface area (Å²) in [7, 11) is 0. The molecular formula is C20H36O2. The van der Waals surface area contributed by atoms with Gasteiger partial charge in [-0.15, -0.1) is 0 Å². The molecule has 0 aliphatic heterocycles. The highest BCUT2D eigenvalue weighted by Gasteiger charge is 1.96. The van der Waals surface area contributed by atoms with Gasteiger partial charge in [0.1, 0.15) is 0 Å². The first-order valence-corrected chi connectivity index (χ1v) is 9.29. The van der Waals surface area contributed by atoms with E-state index in [0.29, 0.717) is 6.42 Å². The van der Waals surface area contributed by atoms with Gasteiger partial charge in [-0.2, -0.15) is 0 Å². The molecule has 0 aromatic rings. The predicted octanol–water partition coefficient (Wildman–Crippen LogP) is 6.66. The van der Waals surface area contributed by atoms with Crippen LogP contribution in [0.2, 0.25) is 0 Å². The van der Waals surface area contributed by atoms with Crippen LogP contribution in [0.5, 0.6) is 0 Å². The summed E-state index contributed by atoms with van der Waals surface area (Å²) >= 11 is 0. The van der Waals surface area contributed by atoms with Gasteiger partial charge < -0.3 is 5.11 Å². The summed E-state index contributed by atoms with van der Waals surface area (Å²) < 4.78 is 0. The van der Waals surface area contributed by atoms with Gasteiger partial charge in [-0.05, 0) is 38.5 Å². The fourth-order valence-electron chi connectivity index (χ4n) is 2.44. The Kier molecular flexibility index (Phi) is 17.1. The van der Waals surface area contributed by atoms with Crippen LogP contribution in [0, 0.1) is 0 Å². The van der Waals surface area contributed by atoms with Crippen molar-refractivity contribution in [2.75, 3.05) is 0 Å². The van der Waals surface area contributed by atoms with Crippen molar-refractivity contribution in [3.05, 3.63) is 24.3 Å². The average molecular weight is 309 g/mol. The van der Waals surface area contributed by atoms with E-state index in [2.05, 4.69) is 31.2 Å². The molecule has 0 bridgehead atoms. The highest BCUT2D eigenvalue weighted by atomic mass is 16.4. The van der Waals surface area contributed by atoms with E-state index in [0.717, 1.165) is 19.3 Å². The summed E-state index contributed by atoms with van der Waals surface area (Å²) in [5.41, 5.74) is 0. The van der Waals surface area contributed by atoms with E-state index in [9.17, 15) is 4.79 Å². The Morgan fingerprint density at radius 3 is 1.77 bits per heavy atom. The van der Waals surface area contributed by atoms with Crippen LogP contribution in [0.1, 0.15) is 96.8 Å². The maximum atomic E-state index is 10.3. The van der Waals surface area contributed by atoms with E-state index in [1.165, 1.54) is 64.2 Å². The summed E-state index contributed by atoms with van der Waals surface area (Å²) in [4.78, 5) is 10.3. The molecule has 0 spiro atoms. The molecule has 0 aromatic carbocycles. The molecule has 22 heavy (non-hydrogen) atoms. The zero-order chi connectivity index (χ0) is 16.3. The Morgan fingerprint density at radius 2 is 1.23 bits per heavy atom. The molecule has 0 radical (unpaired) electrons. The number of carboxylic acids is 1. The number of carbonyl (C=O) groups is 1. The normalized spacial score (nSPS) is 11.7. The minimum absolute atomic E-state index is 0.328. The third kappa shape index (κ3) is 18.9. The first-order valence-electron chi connectivity index (χ1n) is 9.29. The third-order valence-corrected chi connectivity index (χ3v) is 3.84. The second-order valence-corrected chi connectivity index (χ2v) is 6.08. The van der Waals surface area contributed by atoms with E-state index in [1.54, 1.807) is 0 Å². The average Bonchev–Trinajstić information content (AvgIpc) is 2.50. The van der Waals surface area contributed by atoms with Crippen molar-refractivity contribution < 1.29 is 9.90 Å². The lowest BCUT2D eigenvalue weighted by atomic mass is 10.1. The number of allylic oxidation sites excluding steroid dienone is 4. The summed E-state index contributed by atoms with van der Waals surface area (Å²) in [6.07, 6.45) is 25.2. The molecule has 0 unspecified atom stereocenters. The quantitative estimate of drug-likeness (QED) is 0.255. The van der Waals surface area contributed by atoms with E-state index in [4.69, 9.17) is 5.11 Å². The molecule has 0 heterocycles. The lowest BCUT2D eigenvalue weighted by Gasteiger charge is -1.99. The van der Waals surface area contributed by atoms with Crippen molar-refractivity contribution in [1.29, 1.82) is 0 Å². The van der Waals surface area contributed by atoms with Gasteiger partial charge in [-0.3, -0.25) is 4.79 Å². The second kappa shape index (κ2) is 18.0. The van der Waals surface area contributed by atoms with Crippen LogP contribution < -0.4 is 0 Å². The largest absolute Gasteiger partial charge is 0.481 e. The molecule has 2 nitrogen and oxygen atoms in total. The number of hydrogen-bond acceptors (Lipinski definition) is 1. The zero-order valence-electron chi connectivity index (χ0n) is 14.6. The molecule has 0 amide bonds. The van der Waals surface area contributed by atoms with Crippen molar-refractivity contribution >= 4 is 5.97 Å². The fraction of sp³-hybridized carbons (Fsp3) is 0.750. The standard InChI is InChI=1S/C20H36O2/c1-2-3-4-5-6-7-8-9-10-11-12-13-14-15-16-17-18-19-20(21)22/h7-8,10-11H,2-6,9,12-19H2,1H3,(H,21,22)/b8-7-,11-10-. The Morgan fingerprint density at radius 1 is 0.727 bits per heavy atom. The van der Waals surface area contributed by atoms with Crippen molar-refractivity contribution in [1.82, 2.24) is 0 Å². The highest BCUT2D eigenvalue weighted by Crippen LogP contribution is 2.09. The smallest absolute Gasteiger partial charge is 0.303 e. The van der Waals surface area contributed by atoms with Gasteiger partial charge in [0.15, 0.2) is 0 Å². The van der Waals surface area contributed by atoms with E-state index < -0.39 is 5.97 Å². The molecule has 0 saturated carbocycles. The minimum Gasteiger partial charge on any atom is -0.481 e. The van der Waals surface area contributed by atoms with E-state index in [-0.39, 0.29) is 0 Å². The molecule has 1 N–H and O–H groups in total. The SMILES string of the molecule is CCCCCC/C=C\C/C=C\CCCCCCCCC(=O)O. The molecule has 0 rings (SSSR count). The monoisotopic (exact) mass is 308 g/mol. The van der Waals surface area contributed by atoms with Crippen molar-refractivity contribution in [3.63, 3.8) is 0 Å². The van der Waals surface area contributed by atoms with Gasteiger partial charge in [0, 0.05) is 6.42 Å². The topological polar surface area (TPSA) is 37.3 Å². The molecule has 0 atom stereocenters. The van der Waals surface area contributed by atoms with Gasteiger partial charge in [0.05, 0.1) is 0 Å². The Labute approximate surface area is 137 Å². The summed E-state index contributed by atoms with van der Waals surface area (Å²) in [6.45, 7) is 2.25. The number of rotatable bonds is 16. The van der Waals surface area contributed by atoms with Gasteiger partial charge in [0.2, 0.25) is 0 Å². The van der Waals surface area contributed by atoms with Crippen molar-refractivity contribution in [3.8, 4) is 0 Å². The lowest BCUT2D eigenvalue weighted by Crippen LogP contribution is -1.93. The molecule has 0 saturated heterocycles. The molecule has 0 aliphatic rings. The second-order valence-electron chi connectivity index (χ2n) is 6.08. The van der Waals surface area contributed by atoms with Crippen molar-refractivity contribution in [2.24, 2.45) is 0 Å². The Bertz CT molecular complexity index is 292. The van der Waals surface area contributed by atoms with Crippen LogP contribution in [-0.2, 0) is 4.79 Å². The predicted molar refractivity (Wildman–Crippen MR) is 96.2 cm³/mol. The molecule has 0 aromatic heterocycles. The number of aliphatic carboxylic acids is 1. The Balaban J connectivity index is 3.17. The van der Waals surface area contributed by atoms with Crippen LogP contribution in [0.15, 0.2) is 24.3 Å². The Hall–Kier alpha value is -1.05. The fourth-order valence-corrected chi connectivity index (χ4v) is 2.44. The molecule has 0 fully saturated rings. The zero-order valence-corrected chi connectivity index (χ0v) is 14.6. The van der Waals surface area contributed by atoms with Gasteiger partial charge in [0.25, 0.3) is 0 Å². The first-order chi connectivity index (χ1) is 10.8. The number of carboxylic acid groups (broad SMARTS) is 1. The summed E-state index contributed by atoms with van der Waals surface area (Å²) in [5, 5.41) is 8.53. The molecule has 0 aliphatic carbocycles. The maximum absolute atomic E-state index is 10.3. The minimum atomic E-state index is -0.667. The van der Waals surface area contributed by atoms with Crippen LogP contribution in [0.25, 0.3) is 0 Å². The maximum Gasteiger partial charge on any atom is 0.303 e. The summed E-state index contributed by atoms with van der Waals surface area (Å²) in [6, 6.07) is 0. The number of unbranched alkanes of at least 4 members (excludes halogenated alkanes) is 10. The van der Waals surface area contributed by atoms with Gasteiger partial charge >= 0.3 is 5.97 Å². The van der Waals surface area contributed by atoms with Crippen LogP contribution in [0.4, 0.5) is 0 Å².